The Morgan fingerprint density at radius 3 is 2.59 bits per heavy atom. The maximum atomic E-state index is 8.71. The molecule has 1 aliphatic heterocycles. The second kappa shape index (κ2) is 4.96. The van der Waals surface area contributed by atoms with E-state index in [0.29, 0.717) is 13.2 Å². The average molecular weight is 232 g/mol. The molecule has 0 radical (unpaired) electrons. The maximum absolute atomic E-state index is 8.71. The van der Waals surface area contributed by atoms with Crippen molar-refractivity contribution in [3.05, 3.63) is 23.3 Å². The molecule has 1 aliphatic rings. The van der Waals surface area contributed by atoms with Gasteiger partial charge in [0.1, 0.15) is 13.2 Å². The van der Waals surface area contributed by atoms with E-state index < -0.39 is 0 Å². The molecule has 0 aromatic heterocycles. The van der Waals surface area contributed by atoms with Crippen LogP contribution in [0.25, 0.3) is 0 Å². The third-order valence-corrected chi connectivity index (χ3v) is 2.89. The molecule has 2 rings (SSSR count). The number of nitriles is 1. The first-order valence-electron chi connectivity index (χ1n) is 5.70. The highest BCUT2D eigenvalue weighted by molar-refractivity contribution is 5.47. The average Bonchev–Trinajstić information content (AvgIpc) is 2.35. The van der Waals surface area contributed by atoms with Crippen LogP contribution in [0.5, 0.6) is 11.5 Å². The molecule has 0 bridgehead atoms. The molecule has 0 saturated carbocycles. The molecule has 4 nitrogen and oxygen atoms in total. The number of aryl methyl sites for hydroxylation is 1. The number of likely N-dealkylation sites (N-methyl/N-ethyl adjacent to an activating group) is 1. The van der Waals surface area contributed by atoms with Gasteiger partial charge >= 0.3 is 0 Å². The van der Waals surface area contributed by atoms with Gasteiger partial charge in [0, 0.05) is 13.6 Å². The van der Waals surface area contributed by atoms with Crippen LogP contribution >= 0.6 is 0 Å². The van der Waals surface area contributed by atoms with Crippen molar-refractivity contribution in [2.75, 3.05) is 26.8 Å². The minimum absolute atomic E-state index is 0.605. The van der Waals surface area contributed by atoms with E-state index in [1.54, 1.807) is 11.9 Å². The highest BCUT2D eigenvalue weighted by atomic mass is 16.6. The van der Waals surface area contributed by atoms with Crippen molar-refractivity contribution in [3.8, 4) is 17.7 Å². The van der Waals surface area contributed by atoms with E-state index >= 15 is 0 Å². The van der Waals surface area contributed by atoms with Crippen LogP contribution in [0.4, 0.5) is 0 Å². The highest BCUT2D eigenvalue weighted by Crippen LogP contribution is 2.33. The van der Waals surface area contributed by atoms with Crippen molar-refractivity contribution >= 4 is 0 Å². The van der Waals surface area contributed by atoms with Gasteiger partial charge in [0.05, 0.1) is 0 Å². The molecule has 4 heteroatoms. The number of fused-ring (bicyclic) bond motifs is 1. The van der Waals surface area contributed by atoms with E-state index in [0.717, 1.165) is 24.5 Å². The zero-order valence-electron chi connectivity index (χ0n) is 10.2. The zero-order chi connectivity index (χ0) is 12.3. The number of benzene rings is 1. The predicted octanol–water partition coefficient (Wildman–Crippen LogP) is 1.72. The lowest BCUT2D eigenvalue weighted by atomic mass is 10.0. The molecule has 17 heavy (non-hydrogen) atoms. The van der Waals surface area contributed by atoms with Gasteiger partial charge < -0.3 is 14.4 Å². The van der Waals surface area contributed by atoms with Crippen LogP contribution in [0.3, 0.4) is 0 Å². The Labute approximate surface area is 101 Å². The van der Waals surface area contributed by atoms with Crippen LogP contribution in [-0.4, -0.2) is 31.7 Å². The molecule has 0 aliphatic carbocycles. The third-order valence-electron chi connectivity index (χ3n) is 2.89. The summed E-state index contributed by atoms with van der Waals surface area (Å²) < 4.78 is 11.1. The smallest absolute Gasteiger partial charge is 0.179 e. The largest absolute Gasteiger partial charge is 0.486 e. The van der Waals surface area contributed by atoms with Gasteiger partial charge in [-0.15, -0.1) is 0 Å². The molecule has 0 N–H and O–H groups in total. The minimum Gasteiger partial charge on any atom is -0.486 e. The lowest BCUT2D eigenvalue weighted by Gasteiger charge is -2.20. The van der Waals surface area contributed by atoms with Gasteiger partial charge in [-0.1, -0.05) is 0 Å². The lowest BCUT2D eigenvalue weighted by molar-refractivity contribution is 0.171. The summed E-state index contributed by atoms with van der Waals surface area (Å²) in [6.45, 7) is 3.99. The maximum Gasteiger partial charge on any atom is 0.179 e. The number of nitrogens with zero attached hydrogens (tertiary/aromatic N) is 2. The van der Waals surface area contributed by atoms with Crippen molar-refractivity contribution in [3.63, 3.8) is 0 Å². The first-order valence-corrected chi connectivity index (χ1v) is 5.70. The summed E-state index contributed by atoms with van der Waals surface area (Å²) in [4.78, 5) is 1.62. The Morgan fingerprint density at radius 1 is 1.29 bits per heavy atom. The summed E-state index contributed by atoms with van der Waals surface area (Å²) in [5.74, 6) is 1.64. The first-order chi connectivity index (χ1) is 8.20. The number of ether oxygens (including phenoxy) is 2. The standard InChI is InChI=1S/C13H16N2O2/c1-10-7-12-13(17-6-5-16-12)8-11(10)3-4-15(2)9-14/h7-8H,3-6H2,1-2H3. The summed E-state index contributed by atoms with van der Waals surface area (Å²) in [5, 5.41) is 8.71. The summed E-state index contributed by atoms with van der Waals surface area (Å²) in [5.41, 5.74) is 2.39. The Morgan fingerprint density at radius 2 is 1.94 bits per heavy atom. The Hall–Kier alpha value is -1.89. The molecule has 0 atom stereocenters. The van der Waals surface area contributed by atoms with Crippen molar-refractivity contribution in [1.82, 2.24) is 4.90 Å². The normalized spacial score (nSPS) is 13.0. The topological polar surface area (TPSA) is 45.5 Å². The van der Waals surface area contributed by atoms with Crippen LogP contribution in [0.15, 0.2) is 12.1 Å². The fourth-order valence-corrected chi connectivity index (χ4v) is 1.84. The van der Waals surface area contributed by atoms with Crippen LogP contribution in [0, 0.1) is 18.4 Å². The molecular formula is C13H16N2O2. The van der Waals surface area contributed by atoms with E-state index in [4.69, 9.17) is 14.7 Å². The fraction of sp³-hybridized carbons (Fsp3) is 0.462. The van der Waals surface area contributed by atoms with E-state index in [2.05, 4.69) is 13.1 Å². The van der Waals surface area contributed by atoms with Crippen LogP contribution < -0.4 is 9.47 Å². The van der Waals surface area contributed by atoms with E-state index in [1.807, 2.05) is 12.1 Å². The van der Waals surface area contributed by atoms with Gasteiger partial charge in [0.15, 0.2) is 17.7 Å². The third kappa shape index (κ3) is 2.62. The van der Waals surface area contributed by atoms with E-state index in [9.17, 15) is 0 Å². The van der Waals surface area contributed by atoms with Gasteiger partial charge in [0.25, 0.3) is 0 Å². The predicted molar refractivity (Wildman–Crippen MR) is 64.1 cm³/mol. The molecule has 1 heterocycles. The molecule has 1 aromatic carbocycles. The second-order valence-corrected chi connectivity index (χ2v) is 4.19. The van der Waals surface area contributed by atoms with E-state index in [1.165, 1.54) is 11.1 Å². The number of rotatable bonds is 3. The molecule has 0 spiro atoms. The Kier molecular flexibility index (Phi) is 3.38. The summed E-state index contributed by atoms with van der Waals surface area (Å²) in [6.07, 6.45) is 2.93. The second-order valence-electron chi connectivity index (χ2n) is 4.19. The molecule has 0 saturated heterocycles. The minimum atomic E-state index is 0.605. The highest BCUT2D eigenvalue weighted by Gasteiger charge is 2.14. The first kappa shape index (κ1) is 11.6. The molecule has 0 amide bonds. The number of hydrogen-bond acceptors (Lipinski definition) is 4. The molecular weight excluding hydrogens is 216 g/mol. The molecule has 1 aromatic rings. The lowest BCUT2D eigenvalue weighted by Crippen LogP contribution is -2.17. The van der Waals surface area contributed by atoms with Gasteiger partial charge in [-0.3, -0.25) is 0 Å². The Balaban J connectivity index is 2.15. The molecule has 0 fully saturated rings. The van der Waals surface area contributed by atoms with Crippen molar-refractivity contribution in [1.29, 1.82) is 5.26 Å². The van der Waals surface area contributed by atoms with Gasteiger partial charge in [-0.05, 0) is 36.6 Å². The quantitative estimate of drug-likeness (QED) is 0.588. The van der Waals surface area contributed by atoms with Gasteiger partial charge in [-0.25, -0.2) is 0 Å². The van der Waals surface area contributed by atoms with Crippen LogP contribution in [0.1, 0.15) is 11.1 Å². The number of hydrogen-bond donors (Lipinski definition) is 0. The summed E-state index contributed by atoms with van der Waals surface area (Å²) in [7, 11) is 1.79. The van der Waals surface area contributed by atoms with Crippen LogP contribution in [0.2, 0.25) is 0 Å². The summed E-state index contributed by atoms with van der Waals surface area (Å²) >= 11 is 0. The molecule has 0 unspecified atom stereocenters. The van der Waals surface area contributed by atoms with Crippen molar-refractivity contribution in [2.45, 2.75) is 13.3 Å². The van der Waals surface area contributed by atoms with Crippen LogP contribution in [-0.2, 0) is 6.42 Å². The monoisotopic (exact) mass is 232 g/mol. The van der Waals surface area contributed by atoms with Crippen molar-refractivity contribution in [2.24, 2.45) is 0 Å². The van der Waals surface area contributed by atoms with Gasteiger partial charge in [0.2, 0.25) is 0 Å². The summed E-state index contributed by atoms with van der Waals surface area (Å²) in [6, 6.07) is 4.03. The fourth-order valence-electron chi connectivity index (χ4n) is 1.84. The van der Waals surface area contributed by atoms with Crippen molar-refractivity contribution < 1.29 is 9.47 Å². The van der Waals surface area contributed by atoms with E-state index in [-0.39, 0.29) is 0 Å². The molecule has 90 valence electrons. The zero-order valence-corrected chi connectivity index (χ0v) is 10.2. The Bertz CT molecular complexity index is 451. The van der Waals surface area contributed by atoms with Gasteiger partial charge in [-0.2, -0.15) is 5.26 Å². The SMILES string of the molecule is Cc1cc2c(cc1CCN(C)C#N)OCCO2.